The van der Waals surface area contributed by atoms with Gasteiger partial charge in [0.05, 0.1) is 0 Å². The highest BCUT2D eigenvalue weighted by atomic mass is 17.2. The maximum absolute atomic E-state index is 10.8. The van der Waals surface area contributed by atoms with Crippen LogP contribution in [0, 0.1) is 0 Å². The number of hydrogen-bond acceptors (Lipinski definition) is 4. The van der Waals surface area contributed by atoms with Crippen LogP contribution in [0.15, 0.2) is 12.8 Å². The minimum Gasteiger partial charge on any atom is -0.368 e. The van der Waals surface area contributed by atoms with E-state index in [1.807, 2.05) is 6.92 Å². The zero-order valence-corrected chi connectivity index (χ0v) is 7.41. The smallest absolute Gasteiger partial charge is 0.161 e. The van der Waals surface area contributed by atoms with Crippen molar-refractivity contribution in [2.24, 2.45) is 0 Å². The topological polar surface area (TPSA) is 44.8 Å². The molecule has 0 fully saturated rings. The Morgan fingerprint density at radius 3 is 2.75 bits per heavy atom. The first-order valence-electron chi connectivity index (χ1n) is 3.73. The molecule has 0 aromatic carbocycles. The third-order valence-electron chi connectivity index (χ3n) is 1.18. The van der Waals surface area contributed by atoms with Gasteiger partial charge < -0.3 is 9.62 Å². The predicted octanol–water partition coefficient (Wildman–Crippen LogP) is 1.07. The predicted molar refractivity (Wildman–Crippen MR) is 43.3 cm³/mol. The number of carbonyl (C=O) groups is 1. The van der Waals surface area contributed by atoms with E-state index in [-0.39, 0.29) is 12.4 Å². The molecule has 0 bridgehead atoms. The maximum atomic E-state index is 10.8. The molecule has 0 saturated heterocycles. The van der Waals surface area contributed by atoms with E-state index in [1.165, 1.54) is 6.92 Å². The van der Waals surface area contributed by atoms with Gasteiger partial charge in [0.15, 0.2) is 5.78 Å². The minimum atomic E-state index is -0.546. The molecule has 0 N–H and O–H groups in total. The number of Topliss-reactive ketones (excluding diaryl/α,β-unsaturated/α-hetero) is 1. The molecule has 0 spiro atoms. The number of ether oxygens (including phenoxy) is 1. The lowest BCUT2D eigenvalue weighted by Crippen LogP contribution is -2.27. The fraction of sp³-hybridized carbons (Fsp3) is 0.625. The summed E-state index contributed by atoms with van der Waals surface area (Å²) in [5.74, 6) is -0.0792. The molecule has 70 valence electrons. The standard InChI is InChI=1S/C8H14O4/c1-4-10-8(7(3)9)6-12-11-5-2/h5,8H,2,4,6H2,1,3H3. The Morgan fingerprint density at radius 1 is 1.67 bits per heavy atom. The summed E-state index contributed by atoms with van der Waals surface area (Å²) in [6.45, 7) is 7.09. The molecule has 0 aromatic heterocycles. The van der Waals surface area contributed by atoms with Crippen molar-refractivity contribution < 1.29 is 19.3 Å². The summed E-state index contributed by atoms with van der Waals surface area (Å²) in [6, 6.07) is 0. The molecule has 12 heavy (non-hydrogen) atoms. The van der Waals surface area contributed by atoms with Gasteiger partial charge in [-0.1, -0.05) is 6.58 Å². The Labute approximate surface area is 72.0 Å². The molecule has 0 rings (SSSR count). The normalized spacial score (nSPS) is 12.2. The molecule has 0 aliphatic heterocycles. The van der Waals surface area contributed by atoms with E-state index in [1.54, 1.807) is 0 Å². The van der Waals surface area contributed by atoms with Crippen LogP contribution >= 0.6 is 0 Å². The number of rotatable bonds is 7. The molecule has 1 atom stereocenters. The third kappa shape index (κ3) is 4.87. The summed E-state index contributed by atoms with van der Waals surface area (Å²) in [4.78, 5) is 19.8. The van der Waals surface area contributed by atoms with Crippen LogP contribution in [0.4, 0.5) is 0 Å². The first-order chi connectivity index (χ1) is 5.72. The molecule has 1 unspecified atom stereocenters. The largest absolute Gasteiger partial charge is 0.368 e. The highest BCUT2D eigenvalue weighted by molar-refractivity contribution is 5.80. The minimum absolute atomic E-state index is 0.0792. The van der Waals surface area contributed by atoms with Gasteiger partial charge in [0, 0.05) is 6.61 Å². The van der Waals surface area contributed by atoms with Crippen LogP contribution in [0.3, 0.4) is 0 Å². The molecular weight excluding hydrogens is 160 g/mol. The van der Waals surface area contributed by atoms with Crippen LogP contribution in [-0.2, 0) is 19.3 Å². The zero-order chi connectivity index (χ0) is 9.40. The molecule has 0 aliphatic rings. The SMILES string of the molecule is C=COOCC(OCC)C(C)=O. The van der Waals surface area contributed by atoms with Gasteiger partial charge in [0.1, 0.15) is 19.0 Å². The van der Waals surface area contributed by atoms with Crippen molar-refractivity contribution in [2.75, 3.05) is 13.2 Å². The lowest BCUT2D eigenvalue weighted by molar-refractivity contribution is -0.262. The maximum Gasteiger partial charge on any atom is 0.161 e. The van der Waals surface area contributed by atoms with Gasteiger partial charge in [-0.25, -0.2) is 0 Å². The summed E-state index contributed by atoms with van der Waals surface area (Å²) in [5, 5.41) is 0. The van der Waals surface area contributed by atoms with E-state index in [2.05, 4.69) is 16.4 Å². The van der Waals surface area contributed by atoms with Gasteiger partial charge in [-0.3, -0.25) is 4.79 Å². The van der Waals surface area contributed by atoms with Crippen LogP contribution in [0.5, 0.6) is 0 Å². The molecule has 0 amide bonds. The van der Waals surface area contributed by atoms with Gasteiger partial charge in [-0.2, -0.15) is 4.89 Å². The molecule has 0 aliphatic carbocycles. The lowest BCUT2D eigenvalue weighted by Gasteiger charge is -2.11. The fourth-order valence-corrected chi connectivity index (χ4v) is 0.633. The van der Waals surface area contributed by atoms with E-state index in [4.69, 9.17) is 4.74 Å². The monoisotopic (exact) mass is 174 g/mol. The Kier molecular flexibility index (Phi) is 6.32. The van der Waals surface area contributed by atoms with Crippen LogP contribution in [0.25, 0.3) is 0 Å². The average molecular weight is 174 g/mol. The van der Waals surface area contributed by atoms with E-state index in [9.17, 15) is 4.79 Å². The van der Waals surface area contributed by atoms with Crippen LogP contribution in [0.2, 0.25) is 0 Å². The Bertz CT molecular complexity index is 144. The zero-order valence-electron chi connectivity index (χ0n) is 7.41. The third-order valence-corrected chi connectivity index (χ3v) is 1.18. The van der Waals surface area contributed by atoms with Gasteiger partial charge in [0.25, 0.3) is 0 Å². The van der Waals surface area contributed by atoms with E-state index >= 15 is 0 Å². The van der Waals surface area contributed by atoms with Gasteiger partial charge in [-0.15, -0.1) is 0 Å². The van der Waals surface area contributed by atoms with Crippen molar-refractivity contribution in [1.82, 2.24) is 0 Å². The second-order valence-electron chi connectivity index (χ2n) is 2.10. The Morgan fingerprint density at radius 2 is 2.33 bits per heavy atom. The highest BCUT2D eigenvalue weighted by Gasteiger charge is 2.14. The molecule has 4 nitrogen and oxygen atoms in total. The van der Waals surface area contributed by atoms with Crippen molar-refractivity contribution >= 4 is 5.78 Å². The van der Waals surface area contributed by atoms with E-state index in [0.29, 0.717) is 6.61 Å². The summed E-state index contributed by atoms with van der Waals surface area (Å²) in [6.07, 6.45) is 0.596. The van der Waals surface area contributed by atoms with E-state index < -0.39 is 6.10 Å². The molecule has 0 aromatic rings. The van der Waals surface area contributed by atoms with Gasteiger partial charge >= 0.3 is 0 Å². The molecular formula is C8H14O4. The summed E-state index contributed by atoms with van der Waals surface area (Å²) in [5.41, 5.74) is 0. The molecule has 4 heteroatoms. The van der Waals surface area contributed by atoms with Crippen LogP contribution in [0.1, 0.15) is 13.8 Å². The van der Waals surface area contributed by atoms with Gasteiger partial charge in [0.2, 0.25) is 0 Å². The van der Waals surface area contributed by atoms with Crippen LogP contribution < -0.4 is 0 Å². The second-order valence-corrected chi connectivity index (χ2v) is 2.10. The van der Waals surface area contributed by atoms with Crippen molar-refractivity contribution in [3.63, 3.8) is 0 Å². The quantitative estimate of drug-likeness (QED) is 0.251. The summed E-state index contributed by atoms with van der Waals surface area (Å²) < 4.78 is 5.06. The second kappa shape index (κ2) is 6.82. The first kappa shape index (κ1) is 11.1. The van der Waals surface area contributed by atoms with Crippen molar-refractivity contribution in [3.8, 4) is 0 Å². The average Bonchev–Trinajstić information content (AvgIpc) is 2.03. The Hall–Kier alpha value is -0.870. The number of hydrogen-bond donors (Lipinski definition) is 0. The molecule has 0 saturated carbocycles. The van der Waals surface area contributed by atoms with Gasteiger partial charge in [-0.05, 0) is 13.8 Å². The summed E-state index contributed by atoms with van der Waals surface area (Å²) >= 11 is 0. The van der Waals surface area contributed by atoms with Crippen LogP contribution in [-0.4, -0.2) is 25.1 Å². The lowest BCUT2D eigenvalue weighted by atomic mass is 10.3. The Balaban J connectivity index is 3.63. The van der Waals surface area contributed by atoms with Crippen molar-refractivity contribution in [2.45, 2.75) is 20.0 Å². The number of carbonyl (C=O) groups excluding carboxylic acids is 1. The van der Waals surface area contributed by atoms with Crippen molar-refractivity contribution in [1.29, 1.82) is 0 Å². The number of ketones is 1. The fourth-order valence-electron chi connectivity index (χ4n) is 0.633. The first-order valence-corrected chi connectivity index (χ1v) is 3.73. The van der Waals surface area contributed by atoms with Crippen molar-refractivity contribution in [3.05, 3.63) is 12.8 Å². The molecule has 0 radical (unpaired) electrons. The van der Waals surface area contributed by atoms with E-state index in [0.717, 1.165) is 6.26 Å². The summed E-state index contributed by atoms with van der Waals surface area (Å²) in [7, 11) is 0. The molecule has 0 heterocycles. The highest BCUT2D eigenvalue weighted by Crippen LogP contribution is 1.95.